The Kier molecular flexibility index (Phi) is 8.24. The topological polar surface area (TPSA) is 26.3 Å². The zero-order chi connectivity index (χ0) is 18.1. The molecule has 1 aromatic rings. The molecule has 0 heterocycles. The highest BCUT2D eigenvalue weighted by molar-refractivity contribution is 5.75. The number of hydrogen-bond acceptors (Lipinski definition) is 2. The Morgan fingerprint density at radius 1 is 1.04 bits per heavy atom. The molecular formula is C22H34O2. The Balaban J connectivity index is 2.23. The molecule has 0 fully saturated rings. The van der Waals surface area contributed by atoms with Gasteiger partial charge in [-0.2, -0.15) is 0 Å². The summed E-state index contributed by atoms with van der Waals surface area (Å²) in [6, 6.07) is 10.6. The summed E-state index contributed by atoms with van der Waals surface area (Å²) in [6.45, 7) is 12.5. The molecule has 0 aromatic heterocycles. The predicted octanol–water partition coefficient (Wildman–Crippen LogP) is 5.96. The first-order valence-corrected chi connectivity index (χ1v) is 9.12. The van der Waals surface area contributed by atoms with Crippen LogP contribution in [0.1, 0.15) is 65.4 Å². The Morgan fingerprint density at radius 3 is 2.29 bits per heavy atom. The van der Waals surface area contributed by atoms with Crippen molar-refractivity contribution in [2.45, 2.75) is 66.2 Å². The molecule has 24 heavy (non-hydrogen) atoms. The van der Waals surface area contributed by atoms with Crippen molar-refractivity contribution in [3.63, 3.8) is 0 Å². The number of aryl methyl sites for hydroxylation is 1. The van der Waals surface area contributed by atoms with Gasteiger partial charge in [0, 0.05) is 0 Å². The van der Waals surface area contributed by atoms with E-state index in [1.54, 1.807) is 0 Å². The first kappa shape index (κ1) is 20.5. The largest absolute Gasteiger partial charge is 0.465 e. The average Bonchev–Trinajstić information content (AvgIpc) is 2.56. The molecule has 0 bridgehead atoms. The molecule has 0 aliphatic carbocycles. The number of hydrogen-bond donors (Lipinski definition) is 0. The van der Waals surface area contributed by atoms with E-state index in [1.807, 2.05) is 20.8 Å². The van der Waals surface area contributed by atoms with Crippen LogP contribution in [0.5, 0.6) is 0 Å². The molecular weight excluding hydrogens is 296 g/mol. The summed E-state index contributed by atoms with van der Waals surface area (Å²) in [5.41, 5.74) is 1.16. The van der Waals surface area contributed by atoms with E-state index in [4.69, 9.17) is 4.74 Å². The lowest BCUT2D eigenvalue weighted by Gasteiger charge is -2.26. The van der Waals surface area contributed by atoms with Gasteiger partial charge in [-0.05, 0) is 57.4 Å². The molecule has 2 nitrogen and oxygen atoms in total. The SMILES string of the molecule is C=C[C@@](C)(CCCCCOC(=O)C(C)(C)C)CCc1ccccc1. The maximum absolute atomic E-state index is 11.7. The summed E-state index contributed by atoms with van der Waals surface area (Å²) < 4.78 is 5.31. The second kappa shape index (κ2) is 9.66. The fourth-order valence-electron chi connectivity index (χ4n) is 2.59. The summed E-state index contributed by atoms with van der Waals surface area (Å²) in [7, 11) is 0. The first-order valence-electron chi connectivity index (χ1n) is 9.12. The molecule has 0 aliphatic heterocycles. The molecule has 0 unspecified atom stereocenters. The summed E-state index contributed by atoms with van der Waals surface area (Å²) in [4.78, 5) is 11.7. The monoisotopic (exact) mass is 330 g/mol. The van der Waals surface area contributed by atoms with Crippen LogP contribution in [-0.4, -0.2) is 12.6 Å². The zero-order valence-corrected chi connectivity index (χ0v) is 15.9. The number of benzene rings is 1. The Morgan fingerprint density at radius 2 is 1.71 bits per heavy atom. The van der Waals surface area contributed by atoms with Gasteiger partial charge in [-0.25, -0.2) is 0 Å². The highest BCUT2D eigenvalue weighted by atomic mass is 16.5. The van der Waals surface area contributed by atoms with E-state index in [2.05, 4.69) is 49.9 Å². The van der Waals surface area contributed by atoms with Crippen molar-refractivity contribution in [3.05, 3.63) is 48.6 Å². The number of carbonyl (C=O) groups excluding carboxylic acids is 1. The second-order valence-electron chi connectivity index (χ2n) is 8.04. The van der Waals surface area contributed by atoms with Gasteiger partial charge in [0.15, 0.2) is 0 Å². The number of rotatable bonds is 10. The van der Waals surface area contributed by atoms with Crippen molar-refractivity contribution in [1.29, 1.82) is 0 Å². The fourth-order valence-corrected chi connectivity index (χ4v) is 2.59. The molecule has 0 saturated carbocycles. The predicted molar refractivity (Wildman–Crippen MR) is 102 cm³/mol. The van der Waals surface area contributed by atoms with Gasteiger partial charge in [-0.15, -0.1) is 6.58 Å². The molecule has 1 rings (SSSR count). The van der Waals surface area contributed by atoms with E-state index >= 15 is 0 Å². The smallest absolute Gasteiger partial charge is 0.311 e. The molecule has 2 heteroatoms. The minimum atomic E-state index is -0.404. The van der Waals surface area contributed by atoms with Gasteiger partial charge in [0.25, 0.3) is 0 Å². The van der Waals surface area contributed by atoms with Crippen LogP contribution in [0.2, 0.25) is 0 Å². The Bertz CT molecular complexity index is 498. The molecule has 0 radical (unpaired) electrons. The van der Waals surface area contributed by atoms with Crippen molar-refractivity contribution >= 4 is 5.97 Å². The third-order valence-corrected chi connectivity index (χ3v) is 4.56. The molecule has 0 N–H and O–H groups in total. The number of allylic oxidation sites excluding steroid dienone is 1. The van der Waals surface area contributed by atoms with E-state index in [1.165, 1.54) is 5.56 Å². The van der Waals surface area contributed by atoms with Gasteiger partial charge >= 0.3 is 5.97 Å². The van der Waals surface area contributed by atoms with Crippen LogP contribution in [0.4, 0.5) is 0 Å². The van der Waals surface area contributed by atoms with Crippen LogP contribution in [0, 0.1) is 10.8 Å². The molecule has 0 saturated heterocycles. The van der Waals surface area contributed by atoms with Crippen LogP contribution in [-0.2, 0) is 16.0 Å². The molecule has 0 aliphatic rings. The van der Waals surface area contributed by atoms with Crippen molar-refractivity contribution in [1.82, 2.24) is 0 Å². The standard InChI is InChI=1S/C22H34O2/c1-6-22(5,17-15-19-13-9-7-10-14-19)16-11-8-12-18-24-20(23)21(2,3)4/h6-7,9-10,13-14H,1,8,11-12,15-18H2,2-5H3/t22-/m0/s1. The summed E-state index contributed by atoms with van der Waals surface area (Å²) >= 11 is 0. The normalized spacial score (nSPS) is 14.0. The Labute approximate surface area is 148 Å². The maximum atomic E-state index is 11.7. The maximum Gasteiger partial charge on any atom is 0.311 e. The van der Waals surface area contributed by atoms with Gasteiger partial charge in [0.2, 0.25) is 0 Å². The quantitative estimate of drug-likeness (QED) is 0.300. The van der Waals surface area contributed by atoms with E-state index in [0.29, 0.717) is 6.61 Å². The number of unbranched alkanes of at least 4 members (excludes halogenated alkanes) is 2. The van der Waals surface area contributed by atoms with Gasteiger partial charge in [0.05, 0.1) is 12.0 Å². The lowest BCUT2D eigenvalue weighted by Crippen LogP contribution is -2.23. The fraction of sp³-hybridized carbons (Fsp3) is 0.591. The molecule has 134 valence electrons. The highest BCUT2D eigenvalue weighted by Crippen LogP contribution is 2.31. The highest BCUT2D eigenvalue weighted by Gasteiger charge is 2.23. The number of ether oxygens (including phenoxy) is 1. The second-order valence-corrected chi connectivity index (χ2v) is 8.04. The van der Waals surface area contributed by atoms with Crippen LogP contribution >= 0.6 is 0 Å². The van der Waals surface area contributed by atoms with E-state index < -0.39 is 5.41 Å². The van der Waals surface area contributed by atoms with Gasteiger partial charge in [0.1, 0.15) is 0 Å². The molecule has 0 spiro atoms. The van der Waals surface area contributed by atoms with Gasteiger partial charge < -0.3 is 4.74 Å². The zero-order valence-electron chi connectivity index (χ0n) is 15.9. The number of esters is 1. The lowest BCUT2D eigenvalue weighted by molar-refractivity contribution is -0.153. The van der Waals surface area contributed by atoms with E-state index in [0.717, 1.165) is 38.5 Å². The van der Waals surface area contributed by atoms with Crippen LogP contribution in [0.25, 0.3) is 0 Å². The van der Waals surface area contributed by atoms with Crippen LogP contribution in [0.3, 0.4) is 0 Å². The van der Waals surface area contributed by atoms with Crippen molar-refractivity contribution in [3.8, 4) is 0 Å². The molecule has 0 amide bonds. The lowest BCUT2D eigenvalue weighted by atomic mass is 9.79. The summed E-state index contributed by atoms with van der Waals surface area (Å²) in [5.74, 6) is -0.110. The summed E-state index contributed by atoms with van der Waals surface area (Å²) in [6.07, 6.45) is 8.63. The average molecular weight is 331 g/mol. The van der Waals surface area contributed by atoms with Crippen molar-refractivity contribution in [2.24, 2.45) is 10.8 Å². The third-order valence-electron chi connectivity index (χ3n) is 4.56. The molecule has 1 aromatic carbocycles. The third kappa shape index (κ3) is 7.81. The first-order chi connectivity index (χ1) is 11.3. The van der Waals surface area contributed by atoms with Crippen molar-refractivity contribution in [2.75, 3.05) is 6.61 Å². The van der Waals surface area contributed by atoms with Crippen LogP contribution < -0.4 is 0 Å². The van der Waals surface area contributed by atoms with E-state index in [-0.39, 0.29) is 11.4 Å². The number of carbonyl (C=O) groups is 1. The summed E-state index contributed by atoms with van der Waals surface area (Å²) in [5, 5.41) is 0. The van der Waals surface area contributed by atoms with Gasteiger partial charge in [-0.1, -0.05) is 56.2 Å². The molecule has 1 atom stereocenters. The van der Waals surface area contributed by atoms with Crippen LogP contribution in [0.15, 0.2) is 43.0 Å². The Hall–Kier alpha value is -1.57. The van der Waals surface area contributed by atoms with E-state index in [9.17, 15) is 4.79 Å². The minimum absolute atomic E-state index is 0.110. The van der Waals surface area contributed by atoms with Crippen molar-refractivity contribution < 1.29 is 9.53 Å². The minimum Gasteiger partial charge on any atom is -0.465 e. The van der Waals surface area contributed by atoms with Gasteiger partial charge in [-0.3, -0.25) is 4.79 Å².